The summed E-state index contributed by atoms with van der Waals surface area (Å²) in [5.41, 5.74) is 1.55. The fourth-order valence-electron chi connectivity index (χ4n) is 0.602. The Hall–Kier alpha value is -0.0100. The summed E-state index contributed by atoms with van der Waals surface area (Å²) in [6.07, 6.45) is 3.14. The van der Waals surface area contributed by atoms with Crippen molar-refractivity contribution in [2.75, 3.05) is 13.1 Å². The predicted octanol–water partition coefficient (Wildman–Crippen LogP) is 2.37. The molecule has 0 bridgehead atoms. The van der Waals surface area contributed by atoms with E-state index >= 15 is 0 Å². The third kappa shape index (κ3) is 6.12. The normalized spacial score (nSPS) is 14.3. The quantitative estimate of drug-likeness (QED) is 0.611. The average Bonchev–Trinajstić information content (AvgIpc) is 1.98. The van der Waals surface area contributed by atoms with Crippen molar-refractivity contribution in [2.45, 2.75) is 20.3 Å². The summed E-state index contributed by atoms with van der Waals surface area (Å²) in [6, 6.07) is 0. The Balaban J connectivity index is 3.03. The van der Waals surface area contributed by atoms with Crippen LogP contribution >= 0.6 is 11.6 Å². The van der Waals surface area contributed by atoms with Crippen LogP contribution in [0, 0.1) is 5.92 Å². The van der Waals surface area contributed by atoms with Gasteiger partial charge in [0.15, 0.2) is 0 Å². The molecule has 0 aromatic heterocycles. The van der Waals surface area contributed by atoms with Crippen LogP contribution in [-0.4, -0.2) is 13.1 Å². The Labute approximate surface area is 68.5 Å². The first-order valence-electron chi connectivity index (χ1n) is 3.77. The third-order valence-electron chi connectivity index (χ3n) is 1.54. The van der Waals surface area contributed by atoms with E-state index in [0.29, 0.717) is 0 Å². The molecule has 0 aromatic carbocycles. The molecule has 0 amide bonds. The standard InChI is InChI=1S/C8H16ClN/c1-3-8(2)7-10-6-4-5-9/h4-5,8,10H,3,6-7H2,1-2H3/b5-4+. The first kappa shape index (κ1) is 9.99. The molecule has 0 saturated carbocycles. The molecule has 1 nitrogen and oxygen atoms in total. The second-order valence-corrected chi connectivity index (χ2v) is 2.79. The number of nitrogens with one attached hydrogen (secondary N) is 1. The van der Waals surface area contributed by atoms with Gasteiger partial charge in [-0.1, -0.05) is 37.9 Å². The highest BCUT2D eigenvalue weighted by molar-refractivity contribution is 6.25. The molecule has 0 spiro atoms. The Kier molecular flexibility index (Phi) is 7.09. The minimum atomic E-state index is 0.767. The molecule has 0 fully saturated rings. The van der Waals surface area contributed by atoms with Crippen molar-refractivity contribution < 1.29 is 0 Å². The van der Waals surface area contributed by atoms with E-state index in [1.165, 1.54) is 6.42 Å². The van der Waals surface area contributed by atoms with Gasteiger partial charge in [-0.3, -0.25) is 0 Å². The van der Waals surface area contributed by atoms with Gasteiger partial charge >= 0.3 is 0 Å². The second-order valence-electron chi connectivity index (χ2n) is 2.53. The minimum Gasteiger partial charge on any atom is -0.313 e. The van der Waals surface area contributed by atoms with E-state index in [2.05, 4.69) is 19.2 Å². The highest BCUT2D eigenvalue weighted by Gasteiger charge is 1.94. The third-order valence-corrected chi connectivity index (χ3v) is 1.72. The van der Waals surface area contributed by atoms with Gasteiger partial charge in [0.2, 0.25) is 0 Å². The zero-order valence-electron chi connectivity index (χ0n) is 6.73. The zero-order valence-corrected chi connectivity index (χ0v) is 7.49. The van der Waals surface area contributed by atoms with E-state index in [0.717, 1.165) is 19.0 Å². The first-order chi connectivity index (χ1) is 4.81. The largest absolute Gasteiger partial charge is 0.313 e. The van der Waals surface area contributed by atoms with Gasteiger partial charge in [0.25, 0.3) is 0 Å². The Bertz CT molecular complexity index is 91.3. The summed E-state index contributed by atoms with van der Waals surface area (Å²) >= 11 is 5.33. The average molecular weight is 162 g/mol. The lowest BCUT2D eigenvalue weighted by Gasteiger charge is -2.07. The molecule has 0 saturated heterocycles. The second kappa shape index (κ2) is 7.10. The van der Waals surface area contributed by atoms with Crippen LogP contribution in [0.3, 0.4) is 0 Å². The molecule has 2 heteroatoms. The van der Waals surface area contributed by atoms with Crippen LogP contribution in [0.1, 0.15) is 20.3 Å². The van der Waals surface area contributed by atoms with Crippen LogP contribution in [0.5, 0.6) is 0 Å². The van der Waals surface area contributed by atoms with E-state index in [4.69, 9.17) is 11.6 Å². The number of hydrogen-bond acceptors (Lipinski definition) is 1. The molecule has 0 aliphatic rings. The van der Waals surface area contributed by atoms with E-state index in [9.17, 15) is 0 Å². The zero-order chi connectivity index (χ0) is 7.82. The van der Waals surface area contributed by atoms with Crippen molar-refractivity contribution in [1.82, 2.24) is 5.32 Å². The minimum absolute atomic E-state index is 0.767. The molecule has 60 valence electrons. The van der Waals surface area contributed by atoms with Crippen LogP contribution < -0.4 is 5.32 Å². The van der Waals surface area contributed by atoms with Crippen LogP contribution in [0.2, 0.25) is 0 Å². The lowest BCUT2D eigenvalue weighted by molar-refractivity contribution is 0.516. The summed E-state index contributed by atoms with van der Waals surface area (Å²) in [5.74, 6) is 0.767. The number of rotatable bonds is 5. The van der Waals surface area contributed by atoms with Crippen molar-refractivity contribution in [1.29, 1.82) is 0 Å². The van der Waals surface area contributed by atoms with Crippen LogP contribution in [-0.2, 0) is 0 Å². The molecular formula is C8H16ClN. The molecule has 1 unspecified atom stereocenters. The molecule has 0 aliphatic heterocycles. The Morgan fingerprint density at radius 1 is 1.60 bits per heavy atom. The van der Waals surface area contributed by atoms with E-state index in [1.807, 2.05) is 6.08 Å². The molecule has 0 heterocycles. The van der Waals surface area contributed by atoms with Crippen molar-refractivity contribution in [3.63, 3.8) is 0 Å². The van der Waals surface area contributed by atoms with Gasteiger partial charge in [-0.25, -0.2) is 0 Å². The van der Waals surface area contributed by atoms with Gasteiger partial charge in [0.1, 0.15) is 0 Å². The number of hydrogen-bond donors (Lipinski definition) is 1. The van der Waals surface area contributed by atoms with Gasteiger partial charge in [-0.15, -0.1) is 0 Å². The summed E-state index contributed by atoms with van der Waals surface area (Å²) in [6.45, 7) is 6.40. The highest BCUT2D eigenvalue weighted by Crippen LogP contribution is 1.96. The van der Waals surface area contributed by atoms with E-state index < -0.39 is 0 Å². The predicted molar refractivity (Wildman–Crippen MR) is 47.3 cm³/mol. The van der Waals surface area contributed by atoms with Gasteiger partial charge in [0.05, 0.1) is 0 Å². The summed E-state index contributed by atoms with van der Waals surface area (Å²) in [7, 11) is 0. The lowest BCUT2D eigenvalue weighted by atomic mass is 10.1. The molecule has 1 atom stereocenters. The number of halogens is 1. The maximum atomic E-state index is 5.33. The molecule has 1 N–H and O–H groups in total. The molecule has 0 aromatic rings. The fourth-order valence-corrected chi connectivity index (χ4v) is 0.691. The van der Waals surface area contributed by atoms with Gasteiger partial charge in [-0.05, 0) is 12.5 Å². The smallest absolute Gasteiger partial charge is 0.0146 e. The lowest BCUT2D eigenvalue weighted by Crippen LogP contribution is -2.20. The topological polar surface area (TPSA) is 12.0 Å². The molecule has 0 aliphatic carbocycles. The van der Waals surface area contributed by atoms with E-state index in [-0.39, 0.29) is 0 Å². The van der Waals surface area contributed by atoms with Gasteiger partial charge < -0.3 is 5.32 Å². The summed E-state index contributed by atoms with van der Waals surface area (Å²) in [5, 5.41) is 3.27. The van der Waals surface area contributed by atoms with Crippen molar-refractivity contribution in [3.8, 4) is 0 Å². The maximum Gasteiger partial charge on any atom is 0.0146 e. The highest BCUT2D eigenvalue weighted by atomic mass is 35.5. The molecular weight excluding hydrogens is 146 g/mol. The van der Waals surface area contributed by atoms with Crippen LogP contribution in [0.4, 0.5) is 0 Å². The Morgan fingerprint density at radius 2 is 2.30 bits per heavy atom. The SMILES string of the molecule is CCC(C)CNC/C=C/Cl. The van der Waals surface area contributed by atoms with Crippen LogP contribution in [0.15, 0.2) is 11.6 Å². The maximum absolute atomic E-state index is 5.33. The van der Waals surface area contributed by atoms with Crippen molar-refractivity contribution in [3.05, 3.63) is 11.6 Å². The fraction of sp³-hybridized carbons (Fsp3) is 0.750. The monoisotopic (exact) mass is 161 g/mol. The van der Waals surface area contributed by atoms with Gasteiger partial charge in [0, 0.05) is 12.1 Å². The van der Waals surface area contributed by atoms with E-state index in [1.54, 1.807) is 5.54 Å². The molecule has 10 heavy (non-hydrogen) atoms. The van der Waals surface area contributed by atoms with Gasteiger partial charge in [-0.2, -0.15) is 0 Å². The first-order valence-corrected chi connectivity index (χ1v) is 4.20. The summed E-state index contributed by atoms with van der Waals surface area (Å²) < 4.78 is 0. The van der Waals surface area contributed by atoms with Crippen molar-refractivity contribution >= 4 is 11.6 Å². The molecule has 0 radical (unpaired) electrons. The van der Waals surface area contributed by atoms with Crippen molar-refractivity contribution in [2.24, 2.45) is 5.92 Å². The van der Waals surface area contributed by atoms with Crippen LogP contribution in [0.25, 0.3) is 0 Å². The Morgan fingerprint density at radius 3 is 2.80 bits per heavy atom. The molecule has 0 rings (SSSR count). The summed E-state index contributed by atoms with van der Waals surface area (Å²) in [4.78, 5) is 0.